The number of pyridine rings is 1. The number of halogens is 1. The zero-order chi connectivity index (χ0) is 20.9. The van der Waals surface area contributed by atoms with Crippen molar-refractivity contribution in [2.24, 2.45) is 5.92 Å². The standard InChI is InChI=1S/C25H26FN3O/c1-28-13-14-29(17-20-6-10-24(26)11-7-20)18-23(25(28)30)15-19-4-8-21(9-5-19)22-3-2-12-27-16-22/h2-12,16,23H,13-15,17-18H2,1H3. The lowest BCUT2D eigenvalue weighted by Crippen LogP contribution is -2.34. The highest BCUT2D eigenvalue weighted by Crippen LogP contribution is 2.22. The van der Waals surface area contributed by atoms with Crippen LogP contribution in [0.15, 0.2) is 73.1 Å². The maximum absolute atomic E-state index is 13.2. The fourth-order valence-corrected chi connectivity index (χ4v) is 3.99. The lowest BCUT2D eigenvalue weighted by Gasteiger charge is -2.23. The fourth-order valence-electron chi connectivity index (χ4n) is 3.99. The maximum Gasteiger partial charge on any atom is 0.227 e. The minimum Gasteiger partial charge on any atom is -0.344 e. The second kappa shape index (κ2) is 9.18. The highest BCUT2D eigenvalue weighted by molar-refractivity contribution is 5.79. The van der Waals surface area contributed by atoms with Crippen LogP contribution in [0.25, 0.3) is 11.1 Å². The maximum atomic E-state index is 13.2. The molecule has 1 aliphatic rings. The Morgan fingerprint density at radius 2 is 1.70 bits per heavy atom. The number of rotatable bonds is 5. The molecule has 0 aliphatic carbocycles. The van der Waals surface area contributed by atoms with Gasteiger partial charge in [-0.25, -0.2) is 4.39 Å². The molecule has 1 amide bonds. The van der Waals surface area contributed by atoms with Gasteiger partial charge in [0.1, 0.15) is 5.82 Å². The van der Waals surface area contributed by atoms with Crippen molar-refractivity contribution in [1.82, 2.24) is 14.8 Å². The Morgan fingerprint density at radius 1 is 0.967 bits per heavy atom. The molecule has 30 heavy (non-hydrogen) atoms. The largest absolute Gasteiger partial charge is 0.344 e. The average molecular weight is 404 g/mol. The van der Waals surface area contributed by atoms with E-state index in [1.807, 2.05) is 42.4 Å². The van der Waals surface area contributed by atoms with Crippen molar-refractivity contribution in [1.29, 1.82) is 0 Å². The van der Waals surface area contributed by atoms with E-state index in [9.17, 15) is 9.18 Å². The van der Waals surface area contributed by atoms with E-state index in [1.165, 1.54) is 12.1 Å². The van der Waals surface area contributed by atoms with Crippen molar-refractivity contribution >= 4 is 5.91 Å². The molecular formula is C25H26FN3O. The molecule has 0 radical (unpaired) electrons. The Labute approximate surface area is 177 Å². The van der Waals surface area contributed by atoms with Crippen molar-refractivity contribution < 1.29 is 9.18 Å². The highest BCUT2D eigenvalue weighted by Gasteiger charge is 2.28. The predicted molar refractivity (Wildman–Crippen MR) is 116 cm³/mol. The van der Waals surface area contributed by atoms with Gasteiger partial charge in [0.15, 0.2) is 0 Å². The smallest absolute Gasteiger partial charge is 0.227 e. The molecule has 4 nitrogen and oxygen atoms in total. The number of nitrogens with zero attached hydrogens (tertiary/aromatic N) is 3. The Bertz CT molecular complexity index is 974. The molecule has 0 bridgehead atoms. The molecule has 1 atom stereocenters. The van der Waals surface area contributed by atoms with E-state index in [4.69, 9.17) is 0 Å². The number of likely N-dealkylation sites (N-methyl/N-ethyl adjacent to an activating group) is 1. The minimum atomic E-state index is -0.225. The van der Waals surface area contributed by atoms with Gasteiger partial charge in [-0.2, -0.15) is 0 Å². The lowest BCUT2D eigenvalue weighted by molar-refractivity contribution is -0.133. The van der Waals surface area contributed by atoms with Crippen molar-refractivity contribution in [3.8, 4) is 11.1 Å². The van der Waals surface area contributed by atoms with E-state index in [1.54, 1.807) is 6.20 Å². The van der Waals surface area contributed by atoms with E-state index in [-0.39, 0.29) is 17.6 Å². The zero-order valence-electron chi connectivity index (χ0n) is 17.2. The van der Waals surface area contributed by atoms with Gasteiger partial charge in [0, 0.05) is 45.6 Å². The Balaban J connectivity index is 1.46. The summed E-state index contributed by atoms with van der Waals surface area (Å²) in [7, 11) is 1.88. The van der Waals surface area contributed by atoms with Crippen molar-refractivity contribution in [3.05, 3.63) is 90.0 Å². The van der Waals surface area contributed by atoms with Gasteiger partial charge in [-0.1, -0.05) is 42.5 Å². The van der Waals surface area contributed by atoms with Crippen LogP contribution in [0.4, 0.5) is 4.39 Å². The summed E-state index contributed by atoms with van der Waals surface area (Å²) in [5.41, 5.74) is 4.42. The van der Waals surface area contributed by atoms with Crippen LogP contribution in [0.5, 0.6) is 0 Å². The third-order valence-electron chi connectivity index (χ3n) is 5.71. The summed E-state index contributed by atoms with van der Waals surface area (Å²) in [5.74, 6) is -0.132. The summed E-state index contributed by atoms with van der Waals surface area (Å²) in [5, 5.41) is 0. The number of carbonyl (C=O) groups is 1. The summed E-state index contributed by atoms with van der Waals surface area (Å²) < 4.78 is 13.2. The summed E-state index contributed by atoms with van der Waals surface area (Å²) in [6.07, 6.45) is 4.33. The average Bonchev–Trinajstić information content (AvgIpc) is 2.90. The molecule has 0 saturated carbocycles. The molecule has 154 valence electrons. The molecular weight excluding hydrogens is 377 g/mol. The van der Waals surface area contributed by atoms with E-state index >= 15 is 0 Å². The first-order valence-electron chi connectivity index (χ1n) is 10.3. The predicted octanol–water partition coefficient (Wildman–Crippen LogP) is 4.02. The topological polar surface area (TPSA) is 36.4 Å². The van der Waals surface area contributed by atoms with Gasteiger partial charge in [-0.05, 0) is 46.9 Å². The van der Waals surface area contributed by atoms with Crippen molar-refractivity contribution in [2.75, 3.05) is 26.7 Å². The quantitative estimate of drug-likeness (QED) is 0.646. The van der Waals surface area contributed by atoms with Crippen LogP contribution in [0.1, 0.15) is 11.1 Å². The van der Waals surface area contributed by atoms with Crippen LogP contribution in [-0.2, 0) is 17.8 Å². The van der Waals surface area contributed by atoms with Gasteiger partial charge in [0.25, 0.3) is 0 Å². The molecule has 1 unspecified atom stereocenters. The fraction of sp³-hybridized carbons (Fsp3) is 0.280. The van der Waals surface area contributed by atoms with Crippen LogP contribution >= 0.6 is 0 Å². The van der Waals surface area contributed by atoms with Crippen LogP contribution in [0, 0.1) is 11.7 Å². The van der Waals surface area contributed by atoms with Crippen molar-refractivity contribution in [3.63, 3.8) is 0 Å². The van der Waals surface area contributed by atoms with Gasteiger partial charge >= 0.3 is 0 Å². The minimum absolute atomic E-state index is 0.0952. The molecule has 2 heterocycles. The third-order valence-corrected chi connectivity index (χ3v) is 5.71. The van der Waals surface area contributed by atoms with Crippen LogP contribution in [0.3, 0.4) is 0 Å². The molecule has 0 N–H and O–H groups in total. The summed E-state index contributed by atoms with van der Waals surface area (Å²) in [4.78, 5) is 21.2. The monoisotopic (exact) mass is 403 g/mol. The van der Waals surface area contributed by atoms with Gasteiger partial charge in [0.05, 0.1) is 5.92 Å². The van der Waals surface area contributed by atoms with Crippen molar-refractivity contribution in [2.45, 2.75) is 13.0 Å². The first-order chi connectivity index (χ1) is 14.6. The van der Waals surface area contributed by atoms with E-state index < -0.39 is 0 Å². The second-order valence-corrected chi connectivity index (χ2v) is 7.96. The summed E-state index contributed by atoms with van der Waals surface area (Å²) >= 11 is 0. The summed E-state index contributed by atoms with van der Waals surface area (Å²) in [6, 6.07) is 19.0. The molecule has 5 heteroatoms. The summed E-state index contributed by atoms with van der Waals surface area (Å²) in [6.45, 7) is 2.94. The number of benzene rings is 2. The molecule has 1 aliphatic heterocycles. The Hall–Kier alpha value is -3.05. The molecule has 2 aromatic carbocycles. The highest BCUT2D eigenvalue weighted by atomic mass is 19.1. The lowest BCUT2D eigenvalue weighted by atomic mass is 9.96. The number of amides is 1. The first-order valence-corrected chi connectivity index (χ1v) is 10.3. The molecule has 1 aromatic heterocycles. The van der Waals surface area contributed by atoms with Gasteiger partial charge in [-0.3, -0.25) is 14.7 Å². The molecule has 1 fully saturated rings. The number of hydrogen-bond acceptors (Lipinski definition) is 3. The van der Waals surface area contributed by atoms with E-state index in [0.29, 0.717) is 19.5 Å². The Morgan fingerprint density at radius 3 is 2.40 bits per heavy atom. The zero-order valence-corrected chi connectivity index (χ0v) is 17.2. The van der Waals surface area contributed by atoms with E-state index in [0.717, 1.165) is 35.3 Å². The van der Waals surface area contributed by atoms with Gasteiger partial charge in [-0.15, -0.1) is 0 Å². The second-order valence-electron chi connectivity index (χ2n) is 7.96. The molecule has 3 aromatic rings. The number of carbonyl (C=O) groups excluding carboxylic acids is 1. The van der Waals surface area contributed by atoms with Crippen LogP contribution < -0.4 is 0 Å². The first kappa shape index (κ1) is 20.2. The van der Waals surface area contributed by atoms with Gasteiger partial charge < -0.3 is 4.90 Å². The Kier molecular flexibility index (Phi) is 6.19. The molecule has 4 rings (SSSR count). The SMILES string of the molecule is CN1CCN(Cc2ccc(F)cc2)CC(Cc2ccc(-c3cccnc3)cc2)C1=O. The number of aromatic nitrogens is 1. The van der Waals surface area contributed by atoms with Crippen LogP contribution in [-0.4, -0.2) is 47.4 Å². The normalized spacial score (nSPS) is 17.7. The molecule has 0 spiro atoms. The number of hydrogen-bond donors (Lipinski definition) is 0. The van der Waals surface area contributed by atoms with Gasteiger partial charge in [0.2, 0.25) is 5.91 Å². The van der Waals surface area contributed by atoms with Crippen LogP contribution in [0.2, 0.25) is 0 Å². The molecule has 1 saturated heterocycles. The van der Waals surface area contributed by atoms with E-state index in [2.05, 4.69) is 34.1 Å². The third kappa shape index (κ3) is 4.92.